The van der Waals surface area contributed by atoms with E-state index in [1.807, 2.05) is 35.2 Å². The summed E-state index contributed by atoms with van der Waals surface area (Å²) in [5, 5.41) is 2.82. The van der Waals surface area contributed by atoms with E-state index < -0.39 is 0 Å². The molecule has 1 aromatic rings. The van der Waals surface area contributed by atoms with Gasteiger partial charge in [-0.25, -0.2) is 0 Å². The van der Waals surface area contributed by atoms with E-state index in [1.165, 1.54) is 6.92 Å². The van der Waals surface area contributed by atoms with Crippen molar-refractivity contribution in [2.45, 2.75) is 32.2 Å². The zero-order valence-electron chi connectivity index (χ0n) is 11.3. The Morgan fingerprint density at radius 2 is 2.00 bits per heavy atom. The van der Waals surface area contributed by atoms with Crippen LogP contribution in [-0.2, 0) is 4.79 Å². The molecule has 102 valence electrons. The summed E-state index contributed by atoms with van der Waals surface area (Å²) < 4.78 is 0. The van der Waals surface area contributed by atoms with Crippen molar-refractivity contribution < 1.29 is 9.59 Å². The summed E-state index contributed by atoms with van der Waals surface area (Å²) in [5.41, 5.74) is 0.720. The van der Waals surface area contributed by atoms with Gasteiger partial charge in [-0.1, -0.05) is 18.2 Å². The van der Waals surface area contributed by atoms with Crippen LogP contribution in [0, 0.1) is 0 Å². The van der Waals surface area contributed by atoms with Gasteiger partial charge in [-0.05, 0) is 31.4 Å². The van der Waals surface area contributed by atoms with E-state index in [0.29, 0.717) is 6.54 Å². The zero-order chi connectivity index (χ0) is 13.7. The van der Waals surface area contributed by atoms with Gasteiger partial charge in [0.05, 0.1) is 0 Å². The molecule has 19 heavy (non-hydrogen) atoms. The Hall–Kier alpha value is -1.84. The van der Waals surface area contributed by atoms with Crippen LogP contribution in [0.25, 0.3) is 0 Å². The Labute approximate surface area is 113 Å². The van der Waals surface area contributed by atoms with Crippen LogP contribution in [0.3, 0.4) is 0 Å². The molecule has 2 amide bonds. The highest BCUT2D eigenvalue weighted by Gasteiger charge is 2.27. The lowest BCUT2D eigenvalue weighted by molar-refractivity contribution is -0.119. The highest BCUT2D eigenvalue weighted by Crippen LogP contribution is 2.19. The fourth-order valence-electron chi connectivity index (χ4n) is 2.49. The van der Waals surface area contributed by atoms with Gasteiger partial charge in [0.1, 0.15) is 0 Å². The molecule has 4 nitrogen and oxygen atoms in total. The van der Waals surface area contributed by atoms with Crippen LogP contribution in [0.5, 0.6) is 0 Å². The van der Waals surface area contributed by atoms with Crippen LogP contribution < -0.4 is 5.32 Å². The number of nitrogens with one attached hydrogen (secondary N) is 1. The Balaban J connectivity index is 2.06. The summed E-state index contributed by atoms with van der Waals surface area (Å²) in [6, 6.07) is 9.45. The fourth-order valence-corrected chi connectivity index (χ4v) is 2.49. The van der Waals surface area contributed by atoms with Crippen molar-refractivity contribution in [1.29, 1.82) is 0 Å². The third-order valence-electron chi connectivity index (χ3n) is 3.50. The van der Waals surface area contributed by atoms with Crippen LogP contribution in [0.1, 0.15) is 36.5 Å². The summed E-state index contributed by atoms with van der Waals surface area (Å²) in [7, 11) is 0. The largest absolute Gasteiger partial charge is 0.354 e. The molecule has 1 aliphatic heterocycles. The lowest BCUT2D eigenvalue weighted by Crippen LogP contribution is -2.49. The molecule has 1 heterocycles. The standard InChI is InChI=1S/C15H20N2O2/c1-12(18)16-11-14-9-5-6-10-17(14)15(19)13-7-3-2-4-8-13/h2-4,7-8,14H,5-6,9-11H2,1H3,(H,16,18). The maximum absolute atomic E-state index is 12.5. The van der Waals surface area contributed by atoms with Crippen LogP contribution in [0.2, 0.25) is 0 Å². The third-order valence-corrected chi connectivity index (χ3v) is 3.50. The van der Waals surface area contributed by atoms with Gasteiger partial charge in [0.15, 0.2) is 0 Å². The number of carbonyl (C=O) groups excluding carboxylic acids is 2. The summed E-state index contributed by atoms with van der Waals surface area (Å²) in [6.07, 6.45) is 3.11. The van der Waals surface area contributed by atoms with Crippen molar-refractivity contribution in [2.75, 3.05) is 13.1 Å². The molecule has 1 unspecified atom stereocenters. The first-order chi connectivity index (χ1) is 9.18. The quantitative estimate of drug-likeness (QED) is 0.901. The van der Waals surface area contributed by atoms with E-state index in [0.717, 1.165) is 31.4 Å². The molecule has 1 aromatic carbocycles. The zero-order valence-corrected chi connectivity index (χ0v) is 11.3. The van der Waals surface area contributed by atoms with Crippen molar-refractivity contribution >= 4 is 11.8 Å². The SMILES string of the molecule is CC(=O)NCC1CCCCN1C(=O)c1ccccc1. The number of likely N-dealkylation sites (tertiary alicyclic amines) is 1. The molecular formula is C15H20N2O2. The van der Waals surface area contributed by atoms with Crippen LogP contribution in [-0.4, -0.2) is 35.8 Å². The average Bonchev–Trinajstić information content (AvgIpc) is 2.45. The molecule has 0 aromatic heterocycles. The third kappa shape index (κ3) is 3.56. The highest BCUT2D eigenvalue weighted by atomic mass is 16.2. The molecule has 2 rings (SSSR count). The molecule has 0 spiro atoms. The first-order valence-corrected chi connectivity index (χ1v) is 6.79. The van der Waals surface area contributed by atoms with Crippen LogP contribution in [0.15, 0.2) is 30.3 Å². The topological polar surface area (TPSA) is 49.4 Å². The van der Waals surface area contributed by atoms with Crippen molar-refractivity contribution in [1.82, 2.24) is 10.2 Å². The first-order valence-electron chi connectivity index (χ1n) is 6.79. The normalized spacial score (nSPS) is 19.0. The van der Waals surface area contributed by atoms with Crippen molar-refractivity contribution in [3.8, 4) is 0 Å². The summed E-state index contributed by atoms with van der Waals surface area (Å²) in [4.78, 5) is 25.4. The van der Waals surface area contributed by atoms with Gasteiger partial charge in [0, 0.05) is 31.6 Å². The van der Waals surface area contributed by atoms with E-state index in [9.17, 15) is 9.59 Å². The fraction of sp³-hybridized carbons (Fsp3) is 0.467. The Kier molecular flexibility index (Phi) is 4.55. The number of benzene rings is 1. The minimum atomic E-state index is -0.0438. The van der Waals surface area contributed by atoms with Gasteiger partial charge in [-0.3, -0.25) is 9.59 Å². The predicted molar refractivity (Wildman–Crippen MR) is 73.8 cm³/mol. The molecular weight excluding hydrogens is 240 g/mol. The van der Waals surface area contributed by atoms with E-state index in [2.05, 4.69) is 5.32 Å². The second-order valence-corrected chi connectivity index (χ2v) is 4.95. The molecule has 1 fully saturated rings. The predicted octanol–water partition coefficient (Wildman–Crippen LogP) is 1.82. The minimum absolute atomic E-state index is 0.0438. The van der Waals surface area contributed by atoms with Gasteiger partial charge in [-0.2, -0.15) is 0 Å². The van der Waals surface area contributed by atoms with Gasteiger partial charge >= 0.3 is 0 Å². The van der Waals surface area contributed by atoms with Gasteiger partial charge < -0.3 is 10.2 Å². The summed E-state index contributed by atoms with van der Waals surface area (Å²) >= 11 is 0. The number of rotatable bonds is 3. The van der Waals surface area contributed by atoms with Crippen molar-refractivity contribution in [3.63, 3.8) is 0 Å². The molecule has 0 radical (unpaired) electrons. The van der Waals surface area contributed by atoms with Crippen molar-refractivity contribution in [2.24, 2.45) is 0 Å². The number of hydrogen-bond donors (Lipinski definition) is 1. The van der Waals surface area contributed by atoms with Crippen molar-refractivity contribution in [3.05, 3.63) is 35.9 Å². The maximum Gasteiger partial charge on any atom is 0.254 e. The van der Waals surface area contributed by atoms with E-state index in [-0.39, 0.29) is 17.9 Å². The number of hydrogen-bond acceptors (Lipinski definition) is 2. The van der Waals surface area contributed by atoms with Gasteiger partial charge in [0.25, 0.3) is 5.91 Å². The Bertz CT molecular complexity index is 445. The second kappa shape index (κ2) is 6.36. The summed E-state index contributed by atoms with van der Waals surface area (Å²) in [6.45, 7) is 2.83. The monoisotopic (exact) mass is 260 g/mol. The van der Waals surface area contributed by atoms with E-state index >= 15 is 0 Å². The van der Waals surface area contributed by atoms with Crippen LogP contribution >= 0.6 is 0 Å². The number of piperidine rings is 1. The van der Waals surface area contributed by atoms with E-state index in [4.69, 9.17) is 0 Å². The van der Waals surface area contributed by atoms with Crippen LogP contribution in [0.4, 0.5) is 0 Å². The molecule has 0 bridgehead atoms. The Morgan fingerprint density at radius 3 is 2.68 bits per heavy atom. The number of amides is 2. The minimum Gasteiger partial charge on any atom is -0.354 e. The molecule has 0 saturated carbocycles. The molecule has 1 aliphatic rings. The number of nitrogens with zero attached hydrogens (tertiary/aromatic N) is 1. The van der Waals surface area contributed by atoms with Gasteiger partial charge in [0.2, 0.25) is 5.91 Å². The number of carbonyl (C=O) groups is 2. The molecule has 0 aliphatic carbocycles. The maximum atomic E-state index is 12.5. The van der Waals surface area contributed by atoms with E-state index in [1.54, 1.807) is 0 Å². The Morgan fingerprint density at radius 1 is 1.26 bits per heavy atom. The average molecular weight is 260 g/mol. The highest BCUT2D eigenvalue weighted by molar-refractivity contribution is 5.94. The molecule has 1 atom stereocenters. The second-order valence-electron chi connectivity index (χ2n) is 4.95. The molecule has 1 saturated heterocycles. The smallest absolute Gasteiger partial charge is 0.254 e. The lowest BCUT2D eigenvalue weighted by atomic mass is 10.0. The van der Waals surface area contributed by atoms with Gasteiger partial charge in [-0.15, -0.1) is 0 Å². The summed E-state index contributed by atoms with van der Waals surface area (Å²) in [5.74, 6) is 0.0216. The first kappa shape index (κ1) is 13.6. The molecule has 4 heteroatoms. The molecule has 1 N–H and O–H groups in total. The lowest BCUT2D eigenvalue weighted by Gasteiger charge is -2.36.